The van der Waals surface area contributed by atoms with Crippen LogP contribution in [0.2, 0.25) is 0 Å². The molecule has 23 nitrogen and oxygen atoms in total. The summed E-state index contributed by atoms with van der Waals surface area (Å²) < 4.78 is 215. The predicted octanol–water partition coefficient (Wildman–Crippen LogP) is 15.7. The van der Waals surface area contributed by atoms with E-state index in [4.69, 9.17) is 28.4 Å². The van der Waals surface area contributed by atoms with E-state index in [0.29, 0.717) is 74.1 Å². The Balaban J connectivity index is 0.000000149. The van der Waals surface area contributed by atoms with Crippen LogP contribution in [-0.2, 0) is 62.3 Å². The summed E-state index contributed by atoms with van der Waals surface area (Å²) in [4.78, 5) is 24.4. The molecular weight excluding hydrogens is 1650 g/mol. The van der Waals surface area contributed by atoms with Crippen LogP contribution in [0.4, 0.5) is 62.3 Å². The van der Waals surface area contributed by atoms with Crippen molar-refractivity contribution in [1.29, 1.82) is 0 Å². The van der Waals surface area contributed by atoms with Crippen molar-refractivity contribution < 1.29 is 102 Å². The second-order valence-electron chi connectivity index (χ2n) is 26.4. The molecule has 0 bridgehead atoms. The first kappa shape index (κ1) is 87.5. The average molecular weight is 1730 g/mol. The van der Waals surface area contributed by atoms with Gasteiger partial charge < -0.3 is 57.7 Å². The minimum Gasteiger partial charge on any atom is -0.508 e. The van der Waals surface area contributed by atoms with Crippen molar-refractivity contribution in [3.05, 3.63) is 228 Å². The zero-order chi connectivity index (χ0) is 82.7. The van der Waals surface area contributed by atoms with Crippen molar-refractivity contribution in [3.8, 4) is 23.0 Å². The Kier molecular flexibility index (Phi) is 29.8. The first-order valence-corrected chi connectivity index (χ1v) is 40.8. The van der Waals surface area contributed by atoms with E-state index in [1.165, 1.54) is 12.1 Å². The van der Waals surface area contributed by atoms with Crippen LogP contribution in [0.5, 0.6) is 23.0 Å². The van der Waals surface area contributed by atoms with E-state index < -0.39 is 61.8 Å². The normalized spacial score (nSPS) is 17.5. The Morgan fingerprint density at radius 2 is 0.817 bits per heavy atom. The first-order valence-electron chi connectivity index (χ1n) is 35.7. The zero-order valence-electron chi connectivity index (χ0n) is 62.3. The summed E-state index contributed by atoms with van der Waals surface area (Å²) >= 11 is 3.43. The fraction of sp³-hybridized carbons (Fsp3) is 0.316. The summed E-state index contributed by atoms with van der Waals surface area (Å²) in [6.45, 7) is 19.0. The molecular formula is C79H81BrF9N9O14S3. The molecule has 0 radical (unpaired) electrons. The quantitative estimate of drug-likeness (QED) is 0.0582. The molecule has 4 atom stereocenters. The zero-order valence-corrected chi connectivity index (χ0v) is 66.3. The van der Waals surface area contributed by atoms with Gasteiger partial charge in [-0.05, 0) is 164 Å². The van der Waals surface area contributed by atoms with E-state index >= 15 is 0 Å². The Bertz CT molecular complexity index is 5350. The van der Waals surface area contributed by atoms with Gasteiger partial charge in [0.25, 0.3) is 0 Å². The van der Waals surface area contributed by atoms with Crippen molar-refractivity contribution in [2.75, 3.05) is 97.4 Å². The third-order valence-electron chi connectivity index (χ3n) is 17.7. The van der Waals surface area contributed by atoms with E-state index in [2.05, 4.69) is 123 Å². The number of ether oxygens (including phenoxy) is 6. The highest BCUT2D eigenvalue weighted by Gasteiger charge is 2.62. The van der Waals surface area contributed by atoms with Crippen molar-refractivity contribution in [1.82, 2.24) is 25.3 Å². The van der Waals surface area contributed by atoms with Gasteiger partial charge >= 0.3 is 46.7 Å². The number of anilines is 4. The van der Waals surface area contributed by atoms with Crippen LogP contribution in [0.15, 0.2) is 217 Å². The number of fused-ring (bicyclic) bond motifs is 4. The Morgan fingerprint density at radius 3 is 1.19 bits per heavy atom. The van der Waals surface area contributed by atoms with Gasteiger partial charge in [0.15, 0.2) is 0 Å². The highest BCUT2D eigenvalue weighted by Crippen LogP contribution is 2.39. The first-order chi connectivity index (χ1) is 54.6. The summed E-state index contributed by atoms with van der Waals surface area (Å²) in [7, 11) is -19.3. The molecule has 8 heterocycles. The number of para-hydroxylation sites is 1. The minimum absolute atomic E-state index is 0.123. The van der Waals surface area contributed by atoms with Crippen LogP contribution in [0.3, 0.4) is 0 Å². The SMILES string of the molecule is Brc1cnc2ccc(OCc3ccccc3)cc2c1.CC1COCCN1.CC1COCCN1c1cnc2ccc(O)cc2c1.CC1COCCN1c1cnc2ccc(OCc3ccccc3)cc2c1.CC1COCCN1c1cnc2ccc(OS(=O)(=O)C(F)(F)F)cc2c1.O=S(=O)(N(c1ccccc1)S(=O)(=O)C(F)(F)F)C(F)(F)F. The van der Waals surface area contributed by atoms with Gasteiger partial charge in [0, 0.05) is 82.6 Å². The number of nitrogens with zero attached hydrogens (tertiary/aromatic N) is 8. The number of phenols is 1. The maximum Gasteiger partial charge on any atom is 0.534 e. The fourth-order valence-corrected chi connectivity index (χ4v) is 15.4. The van der Waals surface area contributed by atoms with Crippen LogP contribution < -0.4 is 37.4 Å². The van der Waals surface area contributed by atoms with Crippen LogP contribution in [-0.4, -0.2) is 170 Å². The molecule has 115 heavy (non-hydrogen) atoms. The van der Waals surface area contributed by atoms with Gasteiger partial charge in [0.05, 0.1) is 116 Å². The number of sulfonamides is 2. The number of aromatic hydroxyl groups is 1. The molecule has 4 unspecified atom stereocenters. The van der Waals surface area contributed by atoms with E-state index in [-0.39, 0.29) is 11.8 Å². The van der Waals surface area contributed by atoms with Crippen LogP contribution in [0, 0.1) is 0 Å². The molecule has 0 aliphatic carbocycles. The molecule has 4 aliphatic heterocycles. The average Bonchev–Trinajstić information content (AvgIpc) is 0.737. The Hall–Kier alpha value is -9.92. The number of hydrogen-bond acceptors (Lipinski definition) is 22. The maximum atomic E-state index is 12.4. The largest absolute Gasteiger partial charge is 0.534 e. The standard InChI is InChI=1S/C21H22N2O2.C16H12BrNO.C15H15F3N2O4S.C14H16N2O2.C8H5F6NO4S2.C5H11NO/c1-16-14-24-10-9-23(16)19-11-18-12-20(7-8-21(18)22-13-19)25-15-17-5-3-2-4-6-17;17-14-8-13-9-15(6-7-16(13)18-10-14)19-11-12-4-2-1-3-5-12;1-10-9-23-5-4-20(10)12-6-11-7-13(2-3-14(11)19-8-12)24-25(21,22)15(16,17)18;1-10-9-18-5-4-16(10)12-6-11-7-13(17)2-3-14(11)15-8-12;9-7(10,11)20(16,17)15(6-4-2-1-3-5-6)21(18,19)8(12,13)14;1-5-4-7-3-2-6-5/h2-8,11-13,16H,9-10,14-15H2,1H3;1-10H,11H2;2-3,6-8,10H,4-5,9H2,1H3;2-3,6-8,10,17H,4-5,9H2,1H3;1-5H;5-6H,2-4H2,1H3. The molecule has 4 aromatic heterocycles. The number of pyridine rings is 4. The monoisotopic (exact) mass is 1730 g/mol. The Morgan fingerprint density at radius 1 is 0.452 bits per heavy atom. The van der Waals surface area contributed by atoms with Gasteiger partial charge in [-0.2, -0.15) is 64.8 Å². The number of hydrogen-bond donors (Lipinski definition) is 2. The molecule has 36 heteroatoms. The molecule has 7 aromatic carbocycles. The van der Waals surface area contributed by atoms with E-state index in [1.807, 2.05) is 98.2 Å². The number of alkyl halides is 9. The summed E-state index contributed by atoms with van der Waals surface area (Å²) in [5.41, 5.74) is -10.6. The molecule has 4 aliphatic rings. The van der Waals surface area contributed by atoms with Gasteiger partial charge in [-0.25, -0.2) is 0 Å². The molecule has 0 amide bonds. The van der Waals surface area contributed by atoms with Gasteiger partial charge in [0.2, 0.25) is 0 Å². The topological polar surface area (TPSA) is 264 Å². The molecule has 4 saturated heterocycles. The summed E-state index contributed by atoms with van der Waals surface area (Å²) in [6, 6.07) is 54.6. The number of morpholine rings is 4. The molecule has 0 spiro atoms. The number of rotatable bonds is 14. The summed E-state index contributed by atoms with van der Waals surface area (Å²) in [5.74, 6) is 1.58. The van der Waals surface area contributed by atoms with Crippen molar-refractivity contribution in [2.45, 2.75) is 81.6 Å². The molecule has 2 N–H and O–H groups in total. The Labute approximate surface area is 666 Å². The number of phenolic OH excluding ortho intramolecular Hbond substituents is 1. The minimum atomic E-state index is -6.81. The number of nitrogens with one attached hydrogen (secondary N) is 1. The van der Waals surface area contributed by atoms with E-state index in [9.17, 15) is 69.9 Å². The van der Waals surface area contributed by atoms with Crippen molar-refractivity contribution >= 4 is 112 Å². The lowest BCUT2D eigenvalue weighted by atomic mass is 10.1. The number of aromatic nitrogens is 4. The molecule has 4 fully saturated rings. The van der Waals surface area contributed by atoms with Crippen LogP contribution in [0.1, 0.15) is 38.8 Å². The lowest BCUT2D eigenvalue weighted by Crippen LogP contribution is -2.49. The smallest absolute Gasteiger partial charge is 0.508 e. The highest BCUT2D eigenvalue weighted by molar-refractivity contribution is 9.10. The molecule has 614 valence electrons. The maximum absolute atomic E-state index is 12.4. The van der Waals surface area contributed by atoms with Gasteiger partial charge in [-0.1, -0.05) is 78.9 Å². The van der Waals surface area contributed by atoms with Crippen molar-refractivity contribution in [3.63, 3.8) is 0 Å². The molecule has 0 saturated carbocycles. The van der Waals surface area contributed by atoms with Gasteiger partial charge in [-0.15, -0.1) is 3.71 Å². The lowest BCUT2D eigenvalue weighted by molar-refractivity contribution is -0.0501. The van der Waals surface area contributed by atoms with Gasteiger partial charge in [-0.3, -0.25) is 19.9 Å². The number of halogens is 10. The van der Waals surface area contributed by atoms with Crippen LogP contribution in [0.25, 0.3) is 43.6 Å². The van der Waals surface area contributed by atoms with Crippen molar-refractivity contribution in [2.24, 2.45) is 0 Å². The van der Waals surface area contributed by atoms with Crippen LogP contribution >= 0.6 is 15.9 Å². The molecule has 15 rings (SSSR count). The lowest BCUT2D eigenvalue weighted by Gasteiger charge is -2.35. The number of benzene rings is 7. The predicted molar refractivity (Wildman–Crippen MR) is 424 cm³/mol. The second-order valence-corrected chi connectivity index (χ2v) is 32.7. The third kappa shape index (κ3) is 23.9. The van der Waals surface area contributed by atoms with E-state index in [0.717, 1.165) is 160 Å². The summed E-state index contributed by atoms with van der Waals surface area (Å²) in [6.07, 6.45) is 7.31. The highest BCUT2D eigenvalue weighted by atomic mass is 79.9. The second kappa shape index (κ2) is 39.1. The molecule has 11 aromatic rings. The van der Waals surface area contributed by atoms with E-state index in [1.54, 1.807) is 30.6 Å². The third-order valence-corrected chi connectivity index (χ3v) is 22.8. The summed E-state index contributed by atoms with van der Waals surface area (Å²) in [5, 5.41) is 16.4. The fourth-order valence-electron chi connectivity index (χ4n) is 11.9. The van der Waals surface area contributed by atoms with Gasteiger partial charge in [0.1, 0.15) is 36.2 Å².